The number of carboxylic acid groups (broad SMARTS) is 1. The minimum Gasteiger partial charge on any atom is -0.479 e. The molecule has 182 valence electrons. The van der Waals surface area contributed by atoms with Gasteiger partial charge in [0.1, 0.15) is 0 Å². The molecule has 0 spiro atoms. The summed E-state index contributed by atoms with van der Waals surface area (Å²) in [6.07, 6.45) is 7.13. The van der Waals surface area contributed by atoms with Gasteiger partial charge in [0.05, 0.1) is 18.0 Å². The summed E-state index contributed by atoms with van der Waals surface area (Å²) in [4.78, 5) is 15.1. The first-order valence-corrected chi connectivity index (χ1v) is 11.5. The number of benzene rings is 2. The number of aliphatic carboxylic acids is 1. The summed E-state index contributed by atoms with van der Waals surface area (Å²) in [6, 6.07) is 14.2. The van der Waals surface area contributed by atoms with Crippen LogP contribution < -0.4 is 4.74 Å². The summed E-state index contributed by atoms with van der Waals surface area (Å²) in [7, 11) is 1.37. The Morgan fingerprint density at radius 1 is 1.08 bits per heavy atom. The second kappa shape index (κ2) is 9.73. The van der Waals surface area contributed by atoms with Crippen molar-refractivity contribution in [3.05, 3.63) is 94.8 Å². The van der Waals surface area contributed by atoms with Gasteiger partial charge in [-0.25, -0.2) is 14.2 Å². The first kappa shape index (κ1) is 23.4. The monoisotopic (exact) mass is 487 g/mol. The molecule has 1 saturated carbocycles. The molecular formula is C28H23F2N3O3. The highest BCUT2D eigenvalue weighted by atomic mass is 19.1. The van der Waals surface area contributed by atoms with E-state index in [0.717, 1.165) is 53.2 Å². The van der Waals surface area contributed by atoms with Crippen LogP contribution in [0.4, 0.5) is 8.78 Å². The van der Waals surface area contributed by atoms with Crippen LogP contribution in [0.2, 0.25) is 0 Å². The van der Waals surface area contributed by atoms with Gasteiger partial charge in [0.25, 0.3) is 0 Å². The first-order valence-electron chi connectivity index (χ1n) is 11.5. The molecule has 36 heavy (non-hydrogen) atoms. The minimum atomic E-state index is -1.03. The van der Waals surface area contributed by atoms with E-state index in [4.69, 9.17) is 9.84 Å². The fourth-order valence-electron chi connectivity index (χ4n) is 4.54. The zero-order valence-corrected chi connectivity index (χ0v) is 19.5. The number of ether oxygens (including phenoxy) is 1. The molecule has 1 aliphatic rings. The van der Waals surface area contributed by atoms with E-state index in [0.29, 0.717) is 16.5 Å². The van der Waals surface area contributed by atoms with Gasteiger partial charge in [-0.3, -0.25) is 5.10 Å². The van der Waals surface area contributed by atoms with Crippen molar-refractivity contribution >= 4 is 34.1 Å². The average molecular weight is 488 g/mol. The third-order valence-electron chi connectivity index (χ3n) is 6.51. The Hall–Kier alpha value is -4.33. The SMILES string of the molecule is COc1ncc(/C(=C(\c2ccc(/C=C/C(=O)O)cc2)c2ccc3n[nH]c(F)c3c2)C2CCC2)cc1F. The molecule has 0 unspecified atom stereocenters. The van der Waals surface area contributed by atoms with E-state index in [9.17, 15) is 13.6 Å². The molecule has 1 aliphatic carbocycles. The maximum atomic E-state index is 14.8. The number of carboxylic acids is 1. The van der Waals surface area contributed by atoms with Crippen LogP contribution in [0.1, 0.15) is 41.5 Å². The van der Waals surface area contributed by atoms with Gasteiger partial charge in [0.15, 0.2) is 5.82 Å². The Bertz CT molecular complexity index is 1500. The van der Waals surface area contributed by atoms with Crippen molar-refractivity contribution in [2.24, 2.45) is 5.92 Å². The topological polar surface area (TPSA) is 88.1 Å². The van der Waals surface area contributed by atoms with Crippen molar-refractivity contribution in [1.82, 2.24) is 15.2 Å². The lowest BCUT2D eigenvalue weighted by atomic mass is 9.73. The lowest BCUT2D eigenvalue weighted by Gasteiger charge is -2.31. The highest BCUT2D eigenvalue weighted by Crippen LogP contribution is 2.45. The zero-order valence-electron chi connectivity index (χ0n) is 19.5. The Kier molecular flexibility index (Phi) is 6.33. The van der Waals surface area contributed by atoms with Crippen LogP contribution in [0.15, 0.2) is 60.8 Å². The molecule has 0 saturated heterocycles. The second-order valence-corrected chi connectivity index (χ2v) is 8.69. The molecule has 8 heteroatoms. The van der Waals surface area contributed by atoms with Crippen LogP contribution in [0.3, 0.4) is 0 Å². The standard InChI is InChI=1S/C28H23F2N3O3/c1-36-28-22(29)14-20(15-31-28)26(17-3-2-4-17)25(18-8-5-16(6-9-18)7-12-24(34)35)19-10-11-23-21(13-19)27(30)33-32-23/h5-15,17H,2-4H2,1H3,(H,32,33)(H,34,35)/b12-7+,26-25+. The largest absolute Gasteiger partial charge is 0.479 e. The molecule has 2 heterocycles. The average Bonchev–Trinajstić information content (AvgIpc) is 3.22. The van der Waals surface area contributed by atoms with Crippen molar-refractivity contribution in [3.63, 3.8) is 0 Å². The number of methoxy groups -OCH3 is 1. The van der Waals surface area contributed by atoms with Crippen LogP contribution in [0, 0.1) is 17.7 Å². The summed E-state index contributed by atoms with van der Waals surface area (Å²) in [5, 5.41) is 15.7. The number of nitrogens with one attached hydrogen (secondary N) is 1. The zero-order chi connectivity index (χ0) is 25.2. The van der Waals surface area contributed by atoms with Gasteiger partial charge in [-0.15, -0.1) is 0 Å². The van der Waals surface area contributed by atoms with Crippen molar-refractivity contribution in [3.8, 4) is 5.88 Å². The summed E-state index contributed by atoms with van der Waals surface area (Å²) >= 11 is 0. The van der Waals surface area contributed by atoms with E-state index in [2.05, 4.69) is 15.2 Å². The van der Waals surface area contributed by atoms with E-state index in [-0.39, 0.29) is 11.8 Å². The van der Waals surface area contributed by atoms with Gasteiger partial charge in [-0.05, 0) is 70.9 Å². The Morgan fingerprint density at radius 2 is 1.83 bits per heavy atom. The normalized spacial score (nSPS) is 14.6. The summed E-state index contributed by atoms with van der Waals surface area (Å²) in [5.41, 5.74) is 5.22. The minimum absolute atomic E-state index is 0.0790. The number of halogens is 2. The Labute approximate surface area is 206 Å². The van der Waals surface area contributed by atoms with Crippen molar-refractivity contribution < 1.29 is 23.4 Å². The molecule has 1 fully saturated rings. The number of H-pyrrole nitrogens is 1. The van der Waals surface area contributed by atoms with E-state index >= 15 is 0 Å². The molecule has 0 bridgehead atoms. The fourth-order valence-corrected chi connectivity index (χ4v) is 4.54. The number of fused-ring (bicyclic) bond motifs is 1. The Morgan fingerprint density at radius 3 is 2.47 bits per heavy atom. The number of carbonyl (C=O) groups is 1. The number of pyridine rings is 1. The van der Waals surface area contributed by atoms with Crippen LogP contribution >= 0.6 is 0 Å². The van der Waals surface area contributed by atoms with Gasteiger partial charge < -0.3 is 9.84 Å². The third-order valence-corrected chi connectivity index (χ3v) is 6.51. The molecule has 0 aliphatic heterocycles. The first-order chi connectivity index (χ1) is 17.4. The van der Waals surface area contributed by atoms with Crippen molar-refractivity contribution in [2.45, 2.75) is 19.3 Å². The smallest absolute Gasteiger partial charge is 0.328 e. The van der Waals surface area contributed by atoms with Crippen molar-refractivity contribution in [1.29, 1.82) is 0 Å². The number of aromatic amines is 1. The predicted octanol–water partition coefficient (Wildman–Crippen LogP) is 6.10. The van der Waals surface area contributed by atoms with Gasteiger partial charge >= 0.3 is 5.97 Å². The third kappa shape index (κ3) is 4.49. The van der Waals surface area contributed by atoms with E-state index in [1.54, 1.807) is 18.3 Å². The lowest BCUT2D eigenvalue weighted by molar-refractivity contribution is -0.131. The molecule has 2 N–H and O–H groups in total. The van der Waals surface area contributed by atoms with Gasteiger partial charge in [0, 0.05) is 17.8 Å². The molecule has 0 radical (unpaired) electrons. The van der Waals surface area contributed by atoms with Crippen molar-refractivity contribution in [2.75, 3.05) is 7.11 Å². The van der Waals surface area contributed by atoms with Crippen LogP contribution in [0.25, 0.3) is 28.1 Å². The fraction of sp³-hybridized carbons (Fsp3) is 0.179. The highest BCUT2D eigenvalue weighted by molar-refractivity contribution is 6.01. The molecule has 5 rings (SSSR count). The van der Waals surface area contributed by atoms with E-state index < -0.39 is 17.7 Å². The Balaban J connectivity index is 1.75. The number of aromatic nitrogens is 3. The number of rotatable bonds is 7. The number of allylic oxidation sites excluding steroid dienone is 1. The van der Waals surface area contributed by atoms with Gasteiger partial charge in [0.2, 0.25) is 11.8 Å². The number of nitrogens with zero attached hydrogens (tertiary/aromatic N) is 2. The van der Waals surface area contributed by atoms with Crippen LogP contribution in [-0.4, -0.2) is 33.4 Å². The van der Waals surface area contributed by atoms with Gasteiger partial charge in [-0.1, -0.05) is 36.8 Å². The lowest BCUT2D eigenvalue weighted by Crippen LogP contribution is -2.15. The van der Waals surface area contributed by atoms with Crippen LogP contribution in [-0.2, 0) is 4.79 Å². The molecule has 0 amide bonds. The maximum absolute atomic E-state index is 14.8. The highest BCUT2D eigenvalue weighted by Gasteiger charge is 2.28. The summed E-state index contributed by atoms with van der Waals surface area (Å²) in [6.45, 7) is 0. The van der Waals surface area contributed by atoms with E-state index in [1.165, 1.54) is 19.3 Å². The molecule has 2 aromatic carbocycles. The molecule has 4 aromatic rings. The summed E-state index contributed by atoms with van der Waals surface area (Å²) < 4.78 is 34.2. The number of hydrogen-bond donors (Lipinski definition) is 2. The van der Waals surface area contributed by atoms with Crippen LogP contribution in [0.5, 0.6) is 5.88 Å². The van der Waals surface area contributed by atoms with E-state index in [1.807, 2.05) is 30.3 Å². The number of hydrogen-bond acceptors (Lipinski definition) is 4. The molecular weight excluding hydrogens is 464 g/mol. The predicted molar refractivity (Wildman–Crippen MR) is 133 cm³/mol. The molecule has 6 nitrogen and oxygen atoms in total. The summed E-state index contributed by atoms with van der Waals surface area (Å²) in [5.74, 6) is -2.02. The van der Waals surface area contributed by atoms with Gasteiger partial charge in [-0.2, -0.15) is 9.49 Å². The second-order valence-electron chi connectivity index (χ2n) is 8.69. The molecule has 0 atom stereocenters. The molecule has 2 aromatic heterocycles. The maximum Gasteiger partial charge on any atom is 0.328 e. The quantitative estimate of drug-likeness (QED) is 0.308.